The first-order valence-corrected chi connectivity index (χ1v) is 5.44. The van der Waals surface area contributed by atoms with Gasteiger partial charge in [0.2, 0.25) is 0 Å². The molecule has 0 aromatic heterocycles. The molecule has 82 valence electrons. The normalized spacial score (nSPS) is 10.2. The molecule has 1 aromatic rings. The van der Waals surface area contributed by atoms with E-state index < -0.39 is 17.6 Å². The third-order valence-corrected chi connectivity index (χ3v) is 3.29. The van der Waals surface area contributed by atoms with Gasteiger partial charge in [0.05, 0.1) is 18.0 Å². The maximum absolute atomic E-state index is 13.1. The summed E-state index contributed by atoms with van der Waals surface area (Å²) in [5.41, 5.74) is 0.320. The molecule has 0 aliphatic heterocycles. The van der Waals surface area contributed by atoms with Crippen LogP contribution in [0.15, 0.2) is 15.0 Å². The van der Waals surface area contributed by atoms with Crippen molar-refractivity contribution in [2.75, 3.05) is 7.11 Å². The zero-order valence-corrected chi connectivity index (χ0v) is 10.8. The topological polar surface area (TPSA) is 26.3 Å². The predicted molar refractivity (Wildman–Crippen MR) is 57.5 cm³/mol. The minimum atomic E-state index is -1.02. The van der Waals surface area contributed by atoms with Gasteiger partial charge in [0.1, 0.15) is 0 Å². The molecule has 0 radical (unpaired) electrons. The maximum atomic E-state index is 13.1. The van der Waals surface area contributed by atoms with Gasteiger partial charge in [0.15, 0.2) is 11.6 Å². The van der Waals surface area contributed by atoms with Gasteiger partial charge < -0.3 is 4.74 Å². The fourth-order valence-electron chi connectivity index (χ4n) is 0.982. The van der Waals surface area contributed by atoms with Gasteiger partial charge >= 0.3 is 5.97 Å². The lowest BCUT2D eigenvalue weighted by Gasteiger charge is -2.07. The Balaban J connectivity index is 3.18. The molecule has 0 saturated heterocycles. The van der Waals surface area contributed by atoms with E-state index >= 15 is 0 Å². The minimum Gasteiger partial charge on any atom is -0.469 e. The Morgan fingerprint density at radius 2 is 2.07 bits per heavy atom. The Hall–Kier alpha value is -0.490. The van der Waals surface area contributed by atoms with Crippen molar-refractivity contribution < 1.29 is 18.3 Å². The molecule has 6 heteroatoms. The van der Waals surface area contributed by atoms with E-state index in [-0.39, 0.29) is 10.9 Å². The quantitative estimate of drug-likeness (QED) is 0.468. The summed E-state index contributed by atoms with van der Waals surface area (Å²) in [6.07, 6.45) is -0.130. The molecule has 0 aliphatic carbocycles. The van der Waals surface area contributed by atoms with Crippen molar-refractivity contribution >= 4 is 37.8 Å². The van der Waals surface area contributed by atoms with Crippen LogP contribution in [-0.2, 0) is 16.0 Å². The van der Waals surface area contributed by atoms with Gasteiger partial charge in [-0.25, -0.2) is 8.78 Å². The van der Waals surface area contributed by atoms with Gasteiger partial charge in [-0.3, -0.25) is 4.79 Å². The highest BCUT2D eigenvalue weighted by Gasteiger charge is 2.17. The number of rotatable bonds is 2. The van der Waals surface area contributed by atoms with Gasteiger partial charge in [0.25, 0.3) is 0 Å². The number of methoxy groups -OCH3 is 1. The molecule has 0 fully saturated rings. The fourth-order valence-corrected chi connectivity index (χ4v) is 2.33. The van der Waals surface area contributed by atoms with Crippen LogP contribution in [0.4, 0.5) is 8.78 Å². The molecular weight excluding hydrogens is 338 g/mol. The lowest BCUT2D eigenvalue weighted by Crippen LogP contribution is -2.07. The molecule has 0 unspecified atom stereocenters. The summed E-state index contributed by atoms with van der Waals surface area (Å²) in [5, 5.41) is 0. The summed E-state index contributed by atoms with van der Waals surface area (Å²) in [6.45, 7) is 0. The Morgan fingerprint density at radius 3 is 2.60 bits per heavy atom. The molecule has 0 aliphatic rings. The highest BCUT2D eigenvalue weighted by molar-refractivity contribution is 9.11. The van der Waals surface area contributed by atoms with Crippen LogP contribution in [0.2, 0.25) is 0 Å². The Labute approximate surface area is 102 Å². The van der Waals surface area contributed by atoms with Crippen molar-refractivity contribution in [1.82, 2.24) is 0 Å². The number of hydrogen-bond donors (Lipinski definition) is 0. The minimum absolute atomic E-state index is 0.0697. The smallest absolute Gasteiger partial charge is 0.310 e. The fraction of sp³-hybridized carbons (Fsp3) is 0.222. The number of hydrogen-bond acceptors (Lipinski definition) is 2. The summed E-state index contributed by atoms with van der Waals surface area (Å²) in [6, 6.07) is 0.971. The summed E-state index contributed by atoms with van der Waals surface area (Å²) in [4.78, 5) is 11.0. The second-order valence-electron chi connectivity index (χ2n) is 2.70. The SMILES string of the molecule is COC(=O)Cc1c(Br)cc(F)c(F)c1Br. The first-order chi connectivity index (χ1) is 6.97. The van der Waals surface area contributed by atoms with E-state index in [2.05, 4.69) is 36.6 Å². The van der Waals surface area contributed by atoms with Crippen LogP contribution in [-0.4, -0.2) is 13.1 Å². The summed E-state index contributed by atoms with van der Waals surface area (Å²) >= 11 is 5.93. The van der Waals surface area contributed by atoms with Crippen molar-refractivity contribution in [2.24, 2.45) is 0 Å². The number of carbonyl (C=O) groups excluding carboxylic acids is 1. The second-order valence-corrected chi connectivity index (χ2v) is 4.35. The largest absolute Gasteiger partial charge is 0.469 e. The Morgan fingerprint density at radius 1 is 1.47 bits per heavy atom. The van der Waals surface area contributed by atoms with Crippen LogP contribution in [0.1, 0.15) is 5.56 Å². The van der Waals surface area contributed by atoms with Gasteiger partial charge in [0, 0.05) is 4.47 Å². The van der Waals surface area contributed by atoms with E-state index in [0.29, 0.717) is 10.0 Å². The van der Waals surface area contributed by atoms with Crippen molar-refractivity contribution in [1.29, 1.82) is 0 Å². The van der Waals surface area contributed by atoms with Crippen LogP contribution in [0.3, 0.4) is 0 Å². The summed E-state index contributed by atoms with van der Waals surface area (Å²) in [5.74, 6) is -2.53. The van der Waals surface area contributed by atoms with Crippen molar-refractivity contribution in [3.63, 3.8) is 0 Å². The van der Waals surface area contributed by atoms with E-state index in [4.69, 9.17) is 0 Å². The third-order valence-electron chi connectivity index (χ3n) is 1.76. The number of halogens is 4. The number of benzene rings is 1. The number of carbonyl (C=O) groups is 1. The molecule has 0 amide bonds. The zero-order valence-electron chi connectivity index (χ0n) is 7.61. The lowest BCUT2D eigenvalue weighted by atomic mass is 10.1. The summed E-state index contributed by atoms with van der Waals surface area (Å²) < 4.78 is 30.7. The molecule has 0 bridgehead atoms. The van der Waals surface area contributed by atoms with E-state index in [1.807, 2.05) is 0 Å². The zero-order chi connectivity index (χ0) is 11.6. The van der Waals surface area contributed by atoms with Gasteiger partial charge in [-0.1, -0.05) is 15.9 Å². The maximum Gasteiger partial charge on any atom is 0.310 e. The monoisotopic (exact) mass is 342 g/mol. The summed E-state index contributed by atoms with van der Waals surface area (Å²) in [7, 11) is 1.23. The Bertz CT molecular complexity index is 408. The van der Waals surface area contributed by atoms with Gasteiger partial charge in [-0.2, -0.15) is 0 Å². The first-order valence-electron chi connectivity index (χ1n) is 3.86. The van der Waals surface area contributed by atoms with E-state index in [1.54, 1.807) is 0 Å². The predicted octanol–water partition coefficient (Wildman–Crippen LogP) is 3.21. The molecular formula is C9H6Br2F2O2. The van der Waals surface area contributed by atoms with E-state index in [9.17, 15) is 13.6 Å². The average molecular weight is 344 g/mol. The van der Waals surface area contributed by atoms with Crippen molar-refractivity contribution in [2.45, 2.75) is 6.42 Å². The van der Waals surface area contributed by atoms with Crippen molar-refractivity contribution in [3.05, 3.63) is 32.2 Å². The van der Waals surface area contributed by atoms with Crippen LogP contribution in [0, 0.1) is 11.6 Å². The van der Waals surface area contributed by atoms with Gasteiger partial charge in [-0.15, -0.1) is 0 Å². The first kappa shape index (κ1) is 12.6. The molecule has 1 rings (SSSR count). The number of esters is 1. The van der Waals surface area contributed by atoms with Crippen LogP contribution >= 0.6 is 31.9 Å². The second kappa shape index (κ2) is 5.03. The van der Waals surface area contributed by atoms with Crippen molar-refractivity contribution in [3.8, 4) is 0 Å². The van der Waals surface area contributed by atoms with Crippen LogP contribution in [0.25, 0.3) is 0 Å². The van der Waals surface area contributed by atoms with Gasteiger partial charge in [-0.05, 0) is 27.6 Å². The molecule has 2 nitrogen and oxygen atoms in total. The Kier molecular flexibility index (Phi) is 4.21. The molecule has 15 heavy (non-hydrogen) atoms. The average Bonchev–Trinajstić information content (AvgIpc) is 2.21. The molecule has 0 atom stereocenters. The highest BCUT2D eigenvalue weighted by Crippen LogP contribution is 2.30. The molecule has 1 aromatic carbocycles. The molecule has 0 N–H and O–H groups in total. The number of ether oxygens (including phenoxy) is 1. The standard InChI is InChI=1S/C9H6Br2F2O2/c1-15-7(14)2-4-5(10)3-6(12)9(13)8(4)11/h3H,2H2,1H3. The molecule has 0 saturated carbocycles. The molecule has 0 heterocycles. The highest BCUT2D eigenvalue weighted by atomic mass is 79.9. The van der Waals surface area contributed by atoms with Crippen LogP contribution in [0.5, 0.6) is 0 Å². The van der Waals surface area contributed by atoms with E-state index in [1.165, 1.54) is 7.11 Å². The van der Waals surface area contributed by atoms with E-state index in [0.717, 1.165) is 6.07 Å². The molecule has 0 spiro atoms. The lowest BCUT2D eigenvalue weighted by molar-refractivity contribution is -0.139. The van der Waals surface area contributed by atoms with Crippen LogP contribution < -0.4 is 0 Å². The third kappa shape index (κ3) is 2.75.